The van der Waals surface area contributed by atoms with Crippen LogP contribution in [0.5, 0.6) is 0 Å². The van der Waals surface area contributed by atoms with Gasteiger partial charge in [-0.1, -0.05) is 25.0 Å². The van der Waals surface area contributed by atoms with Crippen molar-refractivity contribution in [2.45, 2.75) is 77.2 Å². The number of carboxylic acids is 1. The van der Waals surface area contributed by atoms with Crippen molar-refractivity contribution < 1.29 is 14.7 Å². The first-order valence-electron chi connectivity index (χ1n) is 14.4. The van der Waals surface area contributed by atoms with Gasteiger partial charge in [0.1, 0.15) is 0 Å². The number of carbonyl (C=O) groups is 2. The summed E-state index contributed by atoms with van der Waals surface area (Å²) in [5.74, 6) is 2.99. The maximum atomic E-state index is 13.3. The first-order valence-corrected chi connectivity index (χ1v) is 14.4. The lowest BCUT2D eigenvalue weighted by atomic mass is 9.65. The van der Waals surface area contributed by atoms with Gasteiger partial charge in [0.25, 0.3) is 5.91 Å². The van der Waals surface area contributed by atoms with Gasteiger partial charge in [-0.3, -0.25) is 9.59 Å². The van der Waals surface area contributed by atoms with Gasteiger partial charge >= 0.3 is 5.97 Å². The molecule has 0 radical (unpaired) electrons. The number of piperidine rings is 1. The normalized spacial score (nSPS) is 35.3. The van der Waals surface area contributed by atoms with Gasteiger partial charge in [0.2, 0.25) is 0 Å². The molecule has 3 heterocycles. The molecule has 1 amide bonds. The first kappa shape index (κ1) is 23.6. The fourth-order valence-corrected chi connectivity index (χ4v) is 7.65. The van der Waals surface area contributed by atoms with E-state index in [1.807, 2.05) is 5.57 Å². The van der Waals surface area contributed by atoms with Gasteiger partial charge < -0.3 is 20.2 Å². The number of rotatable bonds is 6. The average Bonchev–Trinajstić information content (AvgIpc) is 3.66. The third kappa shape index (κ3) is 4.68. The van der Waals surface area contributed by atoms with Gasteiger partial charge in [-0.05, 0) is 81.0 Å². The van der Waals surface area contributed by atoms with Gasteiger partial charge in [-0.25, -0.2) is 0 Å². The van der Waals surface area contributed by atoms with E-state index in [-0.39, 0.29) is 5.91 Å². The minimum atomic E-state index is -0.808. The van der Waals surface area contributed by atoms with Crippen molar-refractivity contribution in [2.24, 2.45) is 35.5 Å². The summed E-state index contributed by atoms with van der Waals surface area (Å²) in [6.45, 7) is 7.03. The Morgan fingerprint density at radius 3 is 2.54 bits per heavy atom. The number of hydrogen-bond donors (Lipinski definition) is 2. The van der Waals surface area contributed by atoms with Gasteiger partial charge in [0.15, 0.2) is 0 Å². The summed E-state index contributed by atoms with van der Waals surface area (Å²) in [5.41, 5.74) is 3.57. The minimum absolute atomic E-state index is 0.0880. The van der Waals surface area contributed by atoms with E-state index in [4.69, 9.17) is 0 Å². The molecule has 6 aliphatic rings. The Hall–Kier alpha value is -1.82. The summed E-state index contributed by atoms with van der Waals surface area (Å²) in [5, 5.41) is 12.7. The minimum Gasteiger partial charge on any atom is -0.481 e. The average molecular weight is 482 g/mol. The molecule has 6 nitrogen and oxygen atoms in total. The highest BCUT2D eigenvalue weighted by atomic mass is 16.4. The molecule has 3 aliphatic carbocycles. The van der Waals surface area contributed by atoms with E-state index in [0.717, 1.165) is 73.8 Å². The van der Waals surface area contributed by atoms with Crippen LogP contribution >= 0.6 is 0 Å². The predicted molar refractivity (Wildman–Crippen MR) is 135 cm³/mol. The number of carbonyl (C=O) groups excluding carboxylic acids is 1. The van der Waals surface area contributed by atoms with E-state index in [2.05, 4.69) is 28.1 Å². The van der Waals surface area contributed by atoms with E-state index in [0.29, 0.717) is 24.9 Å². The standard InChI is InChI=1S/C29H43N3O3/c1-18-13-24(19-3-2-4-19)25(20-5-6-20)15-22(18)17-31-10-7-23(8-11-31)32-12-9-27-26(28(32)33)14-21(16-30-27)29(34)35/h13,18-23,25,30H,2-12,14-17H2,1H3,(H,34,35)/t18-,21-,22?,25+/m0/s1. The van der Waals surface area contributed by atoms with Crippen LogP contribution in [-0.4, -0.2) is 65.5 Å². The van der Waals surface area contributed by atoms with Gasteiger partial charge in [-0.15, -0.1) is 0 Å². The molecule has 35 heavy (non-hydrogen) atoms. The number of nitrogens with one attached hydrogen (secondary N) is 1. The summed E-state index contributed by atoms with van der Waals surface area (Å²) < 4.78 is 0. The van der Waals surface area contributed by atoms with Gasteiger partial charge in [-0.2, -0.15) is 0 Å². The molecular weight excluding hydrogens is 438 g/mol. The molecule has 6 heteroatoms. The molecule has 0 aromatic rings. The summed E-state index contributed by atoms with van der Waals surface area (Å²) in [4.78, 5) is 29.5. The lowest BCUT2D eigenvalue weighted by molar-refractivity contribution is -0.142. The molecular formula is C29H43N3O3. The monoisotopic (exact) mass is 481 g/mol. The van der Waals surface area contributed by atoms with Crippen molar-refractivity contribution in [3.63, 3.8) is 0 Å². The molecule has 2 saturated carbocycles. The van der Waals surface area contributed by atoms with Crippen LogP contribution in [0.1, 0.15) is 71.1 Å². The highest BCUT2D eigenvalue weighted by molar-refractivity contribution is 5.96. The van der Waals surface area contributed by atoms with Crippen LogP contribution in [0.2, 0.25) is 0 Å². The van der Waals surface area contributed by atoms with E-state index in [1.165, 1.54) is 45.1 Å². The predicted octanol–water partition coefficient (Wildman–Crippen LogP) is 4.04. The van der Waals surface area contributed by atoms with Crippen LogP contribution in [0, 0.1) is 35.5 Å². The Balaban J connectivity index is 1.04. The number of aliphatic carboxylic acids is 1. The fraction of sp³-hybridized carbons (Fsp3) is 0.793. The highest BCUT2D eigenvalue weighted by Crippen LogP contribution is 2.52. The van der Waals surface area contributed by atoms with Crippen molar-refractivity contribution in [3.05, 3.63) is 22.9 Å². The molecule has 0 spiro atoms. The van der Waals surface area contributed by atoms with E-state index in [9.17, 15) is 14.7 Å². The molecule has 1 saturated heterocycles. The van der Waals surface area contributed by atoms with E-state index in [1.54, 1.807) is 0 Å². The largest absolute Gasteiger partial charge is 0.481 e. The molecule has 0 aromatic heterocycles. The summed E-state index contributed by atoms with van der Waals surface area (Å²) in [7, 11) is 0. The molecule has 0 aromatic carbocycles. The lowest BCUT2D eigenvalue weighted by Gasteiger charge is -2.45. The van der Waals surface area contributed by atoms with Crippen molar-refractivity contribution in [1.29, 1.82) is 0 Å². The van der Waals surface area contributed by atoms with Crippen LogP contribution < -0.4 is 5.32 Å². The zero-order chi connectivity index (χ0) is 24.1. The third-order valence-corrected chi connectivity index (χ3v) is 10.3. The van der Waals surface area contributed by atoms with Crippen molar-refractivity contribution >= 4 is 11.9 Å². The Labute approximate surface area is 210 Å². The molecule has 6 rings (SSSR count). The quantitative estimate of drug-likeness (QED) is 0.560. The molecule has 2 N–H and O–H groups in total. The zero-order valence-corrected chi connectivity index (χ0v) is 21.4. The fourth-order valence-electron chi connectivity index (χ4n) is 7.65. The maximum Gasteiger partial charge on any atom is 0.308 e. The number of nitrogens with zero attached hydrogens (tertiary/aromatic N) is 2. The van der Waals surface area contributed by atoms with Crippen molar-refractivity contribution in [3.8, 4) is 0 Å². The molecule has 3 fully saturated rings. The summed E-state index contributed by atoms with van der Waals surface area (Å²) >= 11 is 0. The zero-order valence-electron chi connectivity index (χ0n) is 21.4. The topological polar surface area (TPSA) is 72.9 Å². The molecule has 4 atom stereocenters. The Morgan fingerprint density at radius 2 is 1.89 bits per heavy atom. The lowest BCUT2D eigenvalue weighted by Crippen LogP contribution is -2.52. The van der Waals surface area contributed by atoms with Crippen molar-refractivity contribution in [2.75, 3.05) is 32.7 Å². The molecule has 3 aliphatic heterocycles. The SMILES string of the molecule is C[C@H]1C=C(C2CCC2)[C@@H](C2CC2)CC1CN1CCC(N2CCC3=C(C[C@H](C(=O)O)CN3)C2=O)CC1. The van der Waals surface area contributed by atoms with E-state index >= 15 is 0 Å². The van der Waals surface area contributed by atoms with E-state index < -0.39 is 11.9 Å². The molecule has 192 valence electrons. The Bertz CT molecular complexity index is 910. The van der Waals surface area contributed by atoms with Crippen LogP contribution in [0.25, 0.3) is 0 Å². The highest BCUT2D eigenvalue weighted by Gasteiger charge is 2.43. The Kier molecular flexibility index (Phi) is 6.44. The second kappa shape index (κ2) is 9.57. The number of amides is 1. The van der Waals surface area contributed by atoms with Gasteiger partial charge in [0.05, 0.1) is 5.92 Å². The van der Waals surface area contributed by atoms with Crippen molar-refractivity contribution in [1.82, 2.24) is 15.1 Å². The number of likely N-dealkylation sites (tertiary alicyclic amines) is 1. The number of carboxylic acid groups (broad SMARTS) is 1. The van der Waals surface area contributed by atoms with Gasteiger partial charge in [0, 0.05) is 56.5 Å². The molecule has 1 unspecified atom stereocenters. The second-order valence-electron chi connectivity index (χ2n) is 12.5. The van der Waals surface area contributed by atoms with Crippen LogP contribution in [0.15, 0.2) is 22.9 Å². The maximum absolute atomic E-state index is 13.3. The summed E-state index contributed by atoms with van der Waals surface area (Å²) in [6.07, 6.45) is 14.6. The van der Waals surface area contributed by atoms with Crippen LogP contribution in [0.3, 0.4) is 0 Å². The Morgan fingerprint density at radius 1 is 1.11 bits per heavy atom. The smallest absolute Gasteiger partial charge is 0.308 e. The second-order valence-corrected chi connectivity index (χ2v) is 12.5. The summed E-state index contributed by atoms with van der Waals surface area (Å²) in [6, 6.07) is 0.297. The van der Waals surface area contributed by atoms with Crippen LogP contribution in [0.4, 0.5) is 0 Å². The third-order valence-electron chi connectivity index (χ3n) is 10.3. The first-order chi connectivity index (χ1) is 17.0. The van der Waals surface area contributed by atoms with Crippen LogP contribution in [-0.2, 0) is 9.59 Å². The number of hydrogen-bond acceptors (Lipinski definition) is 4. The number of allylic oxidation sites excluding steroid dienone is 2. The molecule has 0 bridgehead atoms.